The minimum Gasteiger partial charge on any atom is -0.246 e. The summed E-state index contributed by atoms with van der Waals surface area (Å²) in [6.45, 7) is 4.24. The van der Waals surface area contributed by atoms with Gasteiger partial charge in [-0.2, -0.15) is 4.98 Å². The van der Waals surface area contributed by atoms with E-state index in [2.05, 4.69) is 33.6 Å². The fraction of sp³-hybridized carbons (Fsp3) is 0.267. The highest BCUT2D eigenvalue weighted by atomic mass is 32.2. The van der Waals surface area contributed by atoms with Gasteiger partial charge in [-0.25, -0.2) is 22.6 Å². The van der Waals surface area contributed by atoms with E-state index in [4.69, 9.17) is 0 Å². The lowest BCUT2D eigenvalue weighted by molar-refractivity contribution is 0.600. The predicted octanol–water partition coefficient (Wildman–Crippen LogP) is 2.12. The number of hydrogen-bond donors (Lipinski definition) is 1. The summed E-state index contributed by atoms with van der Waals surface area (Å²) >= 11 is 0. The molecule has 1 aromatic carbocycles. The molecule has 2 heterocycles. The molecular weight excluding hydrogens is 314 g/mol. The Kier molecular flexibility index (Phi) is 3.99. The van der Waals surface area contributed by atoms with Crippen molar-refractivity contribution in [3.05, 3.63) is 48.3 Å². The number of benzene rings is 1. The van der Waals surface area contributed by atoms with Crippen LogP contribution < -0.4 is 4.72 Å². The standard InChI is InChI=1S/C15H17N5O2S/c1-11(2)10-12-4-6-13(7-5-12)23(21,22)19-14-17-15-16-8-3-9-20(15)18-14/h3-9,11H,10H2,1-2H3,(H,18,19). The number of anilines is 1. The van der Waals surface area contributed by atoms with Gasteiger partial charge < -0.3 is 0 Å². The summed E-state index contributed by atoms with van der Waals surface area (Å²) in [6, 6.07) is 8.52. The molecule has 3 rings (SSSR count). The minimum absolute atomic E-state index is 0.00467. The zero-order chi connectivity index (χ0) is 16.4. The van der Waals surface area contributed by atoms with Crippen molar-refractivity contribution >= 4 is 21.7 Å². The normalized spacial score (nSPS) is 12.0. The summed E-state index contributed by atoms with van der Waals surface area (Å²) in [5.74, 6) is 0.845. The zero-order valence-electron chi connectivity index (χ0n) is 12.8. The number of nitrogens with zero attached hydrogens (tertiary/aromatic N) is 4. The van der Waals surface area contributed by atoms with Gasteiger partial charge in [-0.05, 0) is 36.1 Å². The highest BCUT2D eigenvalue weighted by Crippen LogP contribution is 2.16. The van der Waals surface area contributed by atoms with Crippen molar-refractivity contribution in [2.24, 2.45) is 5.92 Å². The third-order valence-electron chi connectivity index (χ3n) is 3.22. The number of rotatable bonds is 5. The minimum atomic E-state index is -3.72. The number of hydrogen-bond acceptors (Lipinski definition) is 5. The van der Waals surface area contributed by atoms with Gasteiger partial charge in [-0.1, -0.05) is 26.0 Å². The van der Waals surface area contributed by atoms with E-state index in [0.717, 1.165) is 12.0 Å². The van der Waals surface area contributed by atoms with Crippen LogP contribution in [0.1, 0.15) is 19.4 Å². The fourth-order valence-corrected chi connectivity index (χ4v) is 3.17. The maximum absolute atomic E-state index is 12.4. The molecule has 0 fully saturated rings. The van der Waals surface area contributed by atoms with E-state index in [-0.39, 0.29) is 10.8 Å². The molecule has 1 N–H and O–H groups in total. The lowest BCUT2D eigenvalue weighted by atomic mass is 10.0. The van der Waals surface area contributed by atoms with Gasteiger partial charge in [0.1, 0.15) is 0 Å². The Balaban J connectivity index is 1.83. The molecule has 0 spiro atoms. The molecule has 0 aliphatic carbocycles. The summed E-state index contributed by atoms with van der Waals surface area (Å²) < 4.78 is 28.6. The van der Waals surface area contributed by atoms with Crippen molar-refractivity contribution in [2.75, 3.05) is 4.72 Å². The van der Waals surface area contributed by atoms with Gasteiger partial charge in [0.2, 0.25) is 0 Å². The molecule has 0 aliphatic heterocycles. The average molecular weight is 331 g/mol. The summed E-state index contributed by atoms with van der Waals surface area (Å²) in [5.41, 5.74) is 1.11. The van der Waals surface area contributed by atoms with Gasteiger partial charge in [0.05, 0.1) is 4.90 Å². The molecule has 0 saturated heterocycles. The van der Waals surface area contributed by atoms with Gasteiger partial charge in [-0.3, -0.25) is 0 Å². The maximum atomic E-state index is 12.4. The van der Waals surface area contributed by atoms with Crippen molar-refractivity contribution in [1.82, 2.24) is 19.6 Å². The van der Waals surface area contributed by atoms with Crippen LogP contribution in [0.3, 0.4) is 0 Å². The highest BCUT2D eigenvalue weighted by Gasteiger charge is 2.17. The second-order valence-electron chi connectivity index (χ2n) is 5.65. The first-order chi connectivity index (χ1) is 10.9. The van der Waals surface area contributed by atoms with Crippen LogP contribution >= 0.6 is 0 Å². The largest absolute Gasteiger partial charge is 0.264 e. The number of aromatic nitrogens is 4. The zero-order valence-corrected chi connectivity index (χ0v) is 13.7. The van der Waals surface area contributed by atoms with Crippen LogP contribution in [0.4, 0.5) is 5.95 Å². The summed E-state index contributed by atoms with van der Waals surface area (Å²) in [7, 11) is -3.72. The van der Waals surface area contributed by atoms with Crippen LogP contribution in [0.5, 0.6) is 0 Å². The number of fused-ring (bicyclic) bond motifs is 1. The van der Waals surface area contributed by atoms with Crippen LogP contribution in [0.15, 0.2) is 47.6 Å². The van der Waals surface area contributed by atoms with Crippen molar-refractivity contribution in [2.45, 2.75) is 25.2 Å². The molecule has 0 bridgehead atoms. The smallest absolute Gasteiger partial charge is 0.246 e. The van der Waals surface area contributed by atoms with E-state index in [1.807, 2.05) is 12.1 Å². The third-order valence-corrected chi connectivity index (χ3v) is 4.56. The lowest BCUT2D eigenvalue weighted by Gasteiger charge is -2.07. The molecule has 2 aromatic heterocycles. The van der Waals surface area contributed by atoms with E-state index < -0.39 is 10.0 Å². The molecule has 0 atom stereocenters. The Labute approximate surface area is 134 Å². The van der Waals surface area contributed by atoms with E-state index in [9.17, 15) is 8.42 Å². The summed E-state index contributed by atoms with van der Waals surface area (Å²) in [6.07, 6.45) is 4.12. The molecule has 120 valence electrons. The summed E-state index contributed by atoms with van der Waals surface area (Å²) in [4.78, 5) is 8.21. The van der Waals surface area contributed by atoms with Crippen LogP contribution in [-0.2, 0) is 16.4 Å². The second-order valence-corrected chi connectivity index (χ2v) is 7.33. The molecule has 0 unspecified atom stereocenters. The fourth-order valence-electron chi connectivity index (χ4n) is 2.23. The molecule has 0 aliphatic rings. The van der Waals surface area contributed by atoms with Crippen molar-refractivity contribution in [3.63, 3.8) is 0 Å². The van der Waals surface area contributed by atoms with Crippen LogP contribution in [-0.4, -0.2) is 28.0 Å². The Hall–Kier alpha value is -2.48. The SMILES string of the molecule is CC(C)Cc1ccc(S(=O)(=O)Nc2nc3ncccn3n2)cc1. The van der Waals surface area contributed by atoms with E-state index in [1.54, 1.807) is 30.6 Å². The van der Waals surface area contributed by atoms with Crippen molar-refractivity contribution in [3.8, 4) is 0 Å². The molecule has 0 radical (unpaired) electrons. The maximum Gasteiger partial charge on any atom is 0.264 e. The van der Waals surface area contributed by atoms with Crippen LogP contribution in [0.25, 0.3) is 5.78 Å². The molecule has 8 heteroatoms. The van der Waals surface area contributed by atoms with Gasteiger partial charge in [0.15, 0.2) is 0 Å². The average Bonchev–Trinajstić information content (AvgIpc) is 2.88. The van der Waals surface area contributed by atoms with Gasteiger partial charge >= 0.3 is 0 Å². The Morgan fingerprint density at radius 1 is 1.22 bits per heavy atom. The highest BCUT2D eigenvalue weighted by molar-refractivity contribution is 7.92. The Morgan fingerprint density at radius 2 is 1.96 bits per heavy atom. The number of sulfonamides is 1. The van der Waals surface area contributed by atoms with E-state index in [1.165, 1.54) is 4.52 Å². The molecule has 7 nitrogen and oxygen atoms in total. The van der Waals surface area contributed by atoms with Crippen LogP contribution in [0, 0.1) is 5.92 Å². The van der Waals surface area contributed by atoms with Gasteiger partial charge in [0, 0.05) is 12.4 Å². The first-order valence-electron chi connectivity index (χ1n) is 7.23. The summed E-state index contributed by atoms with van der Waals surface area (Å²) in [5, 5.41) is 4.03. The molecule has 3 aromatic rings. The molecular formula is C15H17N5O2S. The topological polar surface area (TPSA) is 89.2 Å². The first kappa shape index (κ1) is 15.4. The van der Waals surface area contributed by atoms with Crippen molar-refractivity contribution < 1.29 is 8.42 Å². The Bertz CT molecular complexity index is 883. The number of nitrogens with one attached hydrogen (secondary N) is 1. The molecule has 23 heavy (non-hydrogen) atoms. The van der Waals surface area contributed by atoms with E-state index >= 15 is 0 Å². The predicted molar refractivity (Wildman–Crippen MR) is 86.6 cm³/mol. The van der Waals surface area contributed by atoms with Gasteiger partial charge in [0.25, 0.3) is 21.7 Å². The monoisotopic (exact) mass is 331 g/mol. The van der Waals surface area contributed by atoms with Crippen LogP contribution in [0.2, 0.25) is 0 Å². The second kappa shape index (κ2) is 5.96. The molecule has 0 amide bonds. The van der Waals surface area contributed by atoms with E-state index in [0.29, 0.717) is 11.7 Å². The van der Waals surface area contributed by atoms with Crippen molar-refractivity contribution in [1.29, 1.82) is 0 Å². The third kappa shape index (κ3) is 3.48. The quantitative estimate of drug-likeness (QED) is 0.773. The molecule has 0 saturated carbocycles. The first-order valence-corrected chi connectivity index (χ1v) is 8.71. The Morgan fingerprint density at radius 3 is 2.61 bits per heavy atom. The van der Waals surface area contributed by atoms with Gasteiger partial charge in [-0.15, -0.1) is 5.10 Å². The lowest BCUT2D eigenvalue weighted by Crippen LogP contribution is -2.14.